The average molecular weight is 787 g/mol. The van der Waals surface area contributed by atoms with Crippen LogP contribution in [0.3, 0.4) is 0 Å². The SMILES string of the molecule is CC.CCC(C=O)NC(=O)OC.CNCC(=O)NCCCCc1ncc(-c2ccc3cc(-c4ccc5nc(C6COCCN6C)[nH]c5c4)ccc3c2)[nH]1.COC=O. The molecule has 5 aromatic rings. The van der Waals surface area contributed by atoms with Crippen LogP contribution in [0.1, 0.15) is 57.7 Å². The Bertz CT molecular complexity index is 2000. The number of alkyl carbamates (subject to hydrolysis) is 1. The number of methoxy groups -OCH3 is 2. The number of H-pyrrole nitrogens is 2. The molecule has 5 N–H and O–H groups in total. The number of nitrogens with zero attached hydrogens (tertiary/aromatic N) is 3. The molecule has 308 valence electrons. The van der Waals surface area contributed by atoms with Gasteiger partial charge in [0.15, 0.2) is 0 Å². The molecule has 0 bridgehead atoms. The molecule has 1 aliphatic rings. The van der Waals surface area contributed by atoms with E-state index >= 15 is 0 Å². The molecule has 1 fully saturated rings. The number of aromatic amines is 2. The summed E-state index contributed by atoms with van der Waals surface area (Å²) in [6, 6.07) is 19.3. The van der Waals surface area contributed by atoms with Gasteiger partial charge >= 0.3 is 6.09 Å². The number of aldehydes is 1. The zero-order chi connectivity index (χ0) is 41.6. The van der Waals surface area contributed by atoms with Crippen LogP contribution in [0.5, 0.6) is 0 Å². The number of rotatable bonds is 14. The molecule has 1 aliphatic heterocycles. The molecule has 0 saturated carbocycles. The Morgan fingerprint density at radius 3 is 2.33 bits per heavy atom. The summed E-state index contributed by atoms with van der Waals surface area (Å²) >= 11 is 0. The molecule has 0 radical (unpaired) electrons. The zero-order valence-corrected chi connectivity index (χ0v) is 34.1. The number of fused-ring (bicyclic) bond motifs is 2. The minimum absolute atomic E-state index is 0.0302. The standard InChI is InChI=1S/C32H37N7O2.C6H11NO3.C2H4O2.C2H6/c1-33-19-31(40)34-12-4-3-5-30-35-18-28(36-30)25-9-8-21-15-22(6-7-23(21)16-25)24-10-11-26-27(17-24)38-32(37-26)29-20-41-14-13-39(29)2;1-3-5(4-8)7-6(9)10-2;1-4-2-3;1-2/h6-11,15-18,29,33H,3-5,12-14,19-20H2,1-2H3,(H,34,40)(H,35,36)(H,37,38);4-5H,3H2,1-2H3,(H,7,9);2H,1H3;1-2H3. The second-order valence-electron chi connectivity index (χ2n) is 12.9. The maximum absolute atomic E-state index is 11.5. The molecule has 6 rings (SSSR count). The predicted octanol–water partition coefficient (Wildman–Crippen LogP) is 5.57. The van der Waals surface area contributed by atoms with Crippen molar-refractivity contribution in [3.63, 3.8) is 0 Å². The first-order chi connectivity index (χ1) is 27.7. The number of likely N-dealkylation sites (N-methyl/N-ethyl adjacent to an activating group) is 2. The number of carbonyl (C=O) groups excluding carboxylic acids is 4. The van der Waals surface area contributed by atoms with Crippen LogP contribution in [0.15, 0.2) is 60.8 Å². The van der Waals surface area contributed by atoms with Crippen molar-refractivity contribution in [1.29, 1.82) is 0 Å². The van der Waals surface area contributed by atoms with E-state index in [2.05, 4.69) is 107 Å². The molecule has 2 aromatic heterocycles. The normalized spacial score (nSPS) is 14.1. The number of carbonyl (C=O) groups is 4. The molecule has 2 atom stereocenters. The van der Waals surface area contributed by atoms with Gasteiger partial charge in [-0.25, -0.2) is 14.8 Å². The van der Waals surface area contributed by atoms with E-state index in [4.69, 9.17) is 14.5 Å². The molecule has 0 aliphatic carbocycles. The van der Waals surface area contributed by atoms with Gasteiger partial charge in [0.1, 0.15) is 17.9 Å². The number of benzene rings is 3. The minimum atomic E-state index is -0.570. The lowest BCUT2D eigenvalue weighted by atomic mass is 9.99. The van der Waals surface area contributed by atoms with Crippen molar-refractivity contribution in [3.8, 4) is 22.4 Å². The lowest BCUT2D eigenvalue weighted by Gasteiger charge is -2.30. The molecule has 3 heterocycles. The van der Waals surface area contributed by atoms with E-state index in [1.165, 1.54) is 30.6 Å². The first-order valence-corrected chi connectivity index (χ1v) is 19.3. The summed E-state index contributed by atoms with van der Waals surface area (Å²) < 4.78 is 13.8. The van der Waals surface area contributed by atoms with Gasteiger partial charge in [-0.05, 0) is 79.5 Å². The number of aryl methyl sites for hydroxylation is 1. The first kappa shape index (κ1) is 45.7. The van der Waals surface area contributed by atoms with E-state index in [1.54, 1.807) is 14.0 Å². The van der Waals surface area contributed by atoms with Gasteiger partial charge in [-0.2, -0.15) is 0 Å². The van der Waals surface area contributed by atoms with Gasteiger partial charge in [0.25, 0.3) is 6.47 Å². The Morgan fingerprint density at radius 1 is 1.00 bits per heavy atom. The van der Waals surface area contributed by atoms with Crippen LogP contribution in [-0.2, 0) is 35.0 Å². The molecule has 3 aromatic carbocycles. The fourth-order valence-corrected chi connectivity index (χ4v) is 5.88. The van der Waals surface area contributed by atoms with Crippen LogP contribution in [0, 0.1) is 0 Å². The summed E-state index contributed by atoms with van der Waals surface area (Å²) in [5.74, 6) is 1.96. The Labute approximate surface area is 334 Å². The maximum atomic E-state index is 11.5. The molecular formula is C42H58N8O7. The molecule has 15 heteroatoms. The number of morpholine rings is 1. The van der Waals surface area contributed by atoms with Gasteiger partial charge in [-0.3, -0.25) is 14.5 Å². The Morgan fingerprint density at radius 2 is 1.68 bits per heavy atom. The van der Waals surface area contributed by atoms with Crippen molar-refractivity contribution < 1.29 is 33.4 Å². The van der Waals surface area contributed by atoms with Crippen molar-refractivity contribution in [1.82, 2.24) is 40.8 Å². The van der Waals surface area contributed by atoms with Gasteiger partial charge in [0.2, 0.25) is 5.91 Å². The van der Waals surface area contributed by atoms with E-state index in [-0.39, 0.29) is 11.9 Å². The van der Waals surface area contributed by atoms with Gasteiger partial charge < -0.3 is 44.9 Å². The lowest BCUT2D eigenvalue weighted by molar-refractivity contribution is -0.126. The molecule has 57 heavy (non-hydrogen) atoms. The maximum Gasteiger partial charge on any atom is 0.407 e. The lowest BCUT2D eigenvalue weighted by Crippen LogP contribution is -2.37. The summed E-state index contributed by atoms with van der Waals surface area (Å²) in [6.45, 7) is 9.55. The smallest absolute Gasteiger partial charge is 0.407 e. The quantitative estimate of drug-likeness (QED) is 0.0699. The van der Waals surface area contributed by atoms with Gasteiger partial charge in [0, 0.05) is 25.1 Å². The number of hydrogen-bond donors (Lipinski definition) is 5. The van der Waals surface area contributed by atoms with E-state index in [9.17, 15) is 14.4 Å². The summed E-state index contributed by atoms with van der Waals surface area (Å²) in [4.78, 5) is 59.8. The molecule has 0 spiro atoms. The molecular weight excluding hydrogens is 729 g/mol. The highest BCUT2D eigenvalue weighted by molar-refractivity contribution is 5.91. The van der Waals surface area contributed by atoms with Gasteiger partial charge in [0.05, 0.1) is 69.0 Å². The third-order valence-electron chi connectivity index (χ3n) is 9.01. The van der Waals surface area contributed by atoms with E-state index in [0.29, 0.717) is 38.9 Å². The molecule has 2 unspecified atom stereocenters. The molecule has 15 nitrogen and oxygen atoms in total. The Hall–Kier alpha value is -5.64. The summed E-state index contributed by atoms with van der Waals surface area (Å²) in [7, 11) is 6.46. The van der Waals surface area contributed by atoms with Crippen LogP contribution in [0.2, 0.25) is 0 Å². The summed E-state index contributed by atoms with van der Waals surface area (Å²) in [6.07, 6.45) is 5.33. The second-order valence-corrected chi connectivity index (χ2v) is 12.9. The summed E-state index contributed by atoms with van der Waals surface area (Å²) in [5, 5.41) is 10.5. The van der Waals surface area contributed by atoms with Crippen LogP contribution in [-0.4, -0.2) is 117 Å². The van der Waals surface area contributed by atoms with E-state index < -0.39 is 12.1 Å². The number of aromatic nitrogens is 4. The van der Waals surface area contributed by atoms with Gasteiger partial charge in [-0.15, -0.1) is 0 Å². The van der Waals surface area contributed by atoms with Crippen molar-refractivity contribution in [2.45, 2.75) is 58.5 Å². The third-order valence-corrected chi connectivity index (χ3v) is 9.01. The first-order valence-electron chi connectivity index (χ1n) is 19.3. The highest BCUT2D eigenvalue weighted by Crippen LogP contribution is 2.30. The van der Waals surface area contributed by atoms with E-state index in [0.717, 1.165) is 71.9 Å². The predicted molar refractivity (Wildman–Crippen MR) is 223 cm³/mol. The van der Waals surface area contributed by atoms with Crippen LogP contribution in [0.25, 0.3) is 44.2 Å². The number of unbranched alkanes of at least 4 members (excludes halogenated alkanes) is 1. The number of imidazole rings is 2. The van der Waals surface area contributed by atoms with Crippen molar-refractivity contribution in [3.05, 3.63) is 72.4 Å². The Balaban J connectivity index is 0.000000463. The topological polar surface area (TPSA) is 193 Å². The van der Waals surface area contributed by atoms with Crippen molar-refractivity contribution in [2.75, 3.05) is 61.2 Å². The minimum Gasteiger partial charge on any atom is -0.471 e. The fraction of sp³-hybridized carbons (Fsp3) is 0.429. The second kappa shape index (κ2) is 24.8. The van der Waals surface area contributed by atoms with Gasteiger partial charge in [-0.1, -0.05) is 51.1 Å². The van der Waals surface area contributed by atoms with Crippen LogP contribution in [0.4, 0.5) is 4.79 Å². The highest BCUT2D eigenvalue weighted by Gasteiger charge is 2.24. The largest absolute Gasteiger partial charge is 0.471 e. The van der Waals surface area contributed by atoms with E-state index in [1.807, 2.05) is 20.0 Å². The number of hydrogen-bond acceptors (Lipinski definition) is 11. The van der Waals surface area contributed by atoms with Crippen LogP contribution < -0.4 is 16.0 Å². The number of nitrogens with one attached hydrogen (secondary N) is 5. The molecule has 1 saturated heterocycles. The third kappa shape index (κ3) is 14.1. The monoisotopic (exact) mass is 786 g/mol. The summed E-state index contributed by atoms with van der Waals surface area (Å²) in [5.41, 5.74) is 6.48. The zero-order valence-electron chi connectivity index (χ0n) is 34.1. The number of amides is 2. The van der Waals surface area contributed by atoms with Crippen molar-refractivity contribution in [2.24, 2.45) is 0 Å². The Kier molecular flexibility index (Phi) is 19.9. The average Bonchev–Trinajstić information content (AvgIpc) is 3.91. The fourth-order valence-electron chi connectivity index (χ4n) is 5.88. The van der Waals surface area contributed by atoms with Crippen molar-refractivity contribution >= 4 is 46.6 Å². The molecule has 2 amide bonds. The number of ether oxygens (including phenoxy) is 3. The van der Waals surface area contributed by atoms with Crippen LogP contribution >= 0.6 is 0 Å². The highest BCUT2D eigenvalue weighted by atomic mass is 16.5.